The van der Waals surface area contributed by atoms with Gasteiger partial charge in [-0.3, -0.25) is 0 Å². The number of aromatic nitrogens is 2. The molecule has 0 spiro atoms. The predicted octanol–water partition coefficient (Wildman–Crippen LogP) is 1.48. The molecule has 1 atom stereocenters. The molecule has 0 amide bonds. The molecule has 5 heteroatoms. The van der Waals surface area contributed by atoms with Gasteiger partial charge in [-0.25, -0.2) is 9.37 Å². The molecule has 0 aliphatic carbocycles. The van der Waals surface area contributed by atoms with Crippen molar-refractivity contribution in [2.75, 3.05) is 0 Å². The van der Waals surface area contributed by atoms with Crippen molar-refractivity contribution in [3.05, 3.63) is 47.8 Å². The Bertz CT molecular complexity index is 567. The molecule has 3 rings (SSSR count). The first kappa shape index (κ1) is 11.2. The minimum absolute atomic E-state index is 0.0293. The number of nitrogens with zero attached hydrogens (tertiary/aromatic N) is 2. The van der Waals surface area contributed by atoms with E-state index in [1.807, 2.05) is 10.8 Å². The van der Waals surface area contributed by atoms with Crippen molar-refractivity contribution in [1.29, 1.82) is 0 Å². The average Bonchev–Trinajstić information content (AvgIpc) is 2.95. The van der Waals surface area contributed by atoms with Crippen LogP contribution in [0, 0.1) is 5.82 Å². The van der Waals surface area contributed by atoms with Crippen molar-refractivity contribution in [3.63, 3.8) is 0 Å². The fourth-order valence-corrected chi connectivity index (χ4v) is 2.24. The Labute approximate surface area is 104 Å². The van der Waals surface area contributed by atoms with Crippen molar-refractivity contribution in [2.24, 2.45) is 5.73 Å². The van der Waals surface area contributed by atoms with E-state index in [0.29, 0.717) is 13.1 Å². The second-order valence-electron chi connectivity index (χ2n) is 4.46. The quantitative estimate of drug-likeness (QED) is 0.894. The highest BCUT2D eigenvalue weighted by molar-refractivity contribution is 5.37. The average molecular weight is 247 g/mol. The molecule has 0 saturated carbocycles. The number of benzene rings is 1. The van der Waals surface area contributed by atoms with Crippen LogP contribution in [-0.2, 0) is 19.5 Å². The van der Waals surface area contributed by atoms with E-state index in [4.69, 9.17) is 10.5 Å². The van der Waals surface area contributed by atoms with Crippen molar-refractivity contribution in [3.8, 4) is 5.75 Å². The number of fused-ring (bicyclic) bond motifs is 1. The Kier molecular flexibility index (Phi) is 2.76. The van der Waals surface area contributed by atoms with E-state index >= 15 is 0 Å². The maximum Gasteiger partial charge on any atom is 0.123 e. The van der Waals surface area contributed by atoms with E-state index < -0.39 is 0 Å². The molecule has 1 aliphatic heterocycles. The molecule has 1 unspecified atom stereocenters. The van der Waals surface area contributed by atoms with E-state index in [0.717, 1.165) is 23.4 Å². The molecular formula is C13H14FN3O. The molecular weight excluding hydrogens is 233 g/mol. The molecule has 1 aromatic carbocycles. The minimum Gasteiger partial charge on any atom is -0.488 e. The van der Waals surface area contributed by atoms with Gasteiger partial charge in [0.25, 0.3) is 0 Å². The first-order valence-electron chi connectivity index (χ1n) is 5.90. The molecule has 2 aromatic rings. The summed E-state index contributed by atoms with van der Waals surface area (Å²) in [4.78, 5) is 4.16. The summed E-state index contributed by atoms with van der Waals surface area (Å²) in [5, 5.41) is 0. The second kappa shape index (κ2) is 4.42. The van der Waals surface area contributed by atoms with Gasteiger partial charge in [-0.15, -0.1) is 0 Å². The molecule has 1 aliphatic rings. The fourth-order valence-electron chi connectivity index (χ4n) is 2.24. The number of halogens is 1. The van der Waals surface area contributed by atoms with E-state index in [1.165, 1.54) is 12.1 Å². The standard InChI is InChI=1S/C13H14FN3O/c14-10-1-2-13-9(3-10)4-12(18-13)7-17-6-11(5-15)16-8-17/h1-3,6,8,12H,4-5,7,15H2. The Morgan fingerprint density at radius 3 is 3.17 bits per heavy atom. The normalized spacial score (nSPS) is 17.6. The van der Waals surface area contributed by atoms with Gasteiger partial charge in [0, 0.05) is 24.7 Å². The molecule has 0 fully saturated rings. The Morgan fingerprint density at radius 1 is 1.50 bits per heavy atom. The molecule has 0 bridgehead atoms. The SMILES string of the molecule is NCc1cn(CC2Cc3cc(F)ccc3O2)cn1. The van der Waals surface area contributed by atoms with Crippen molar-refractivity contribution >= 4 is 0 Å². The monoisotopic (exact) mass is 247 g/mol. The molecule has 0 radical (unpaired) electrons. The highest BCUT2D eigenvalue weighted by Crippen LogP contribution is 2.29. The third kappa shape index (κ3) is 2.09. The predicted molar refractivity (Wildman–Crippen MR) is 64.6 cm³/mol. The lowest BCUT2D eigenvalue weighted by Crippen LogP contribution is -2.19. The minimum atomic E-state index is -0.217. The number of rotatable bonds is 3. The largest absolute Gasteiger partial charge is 0.488 e. The first-order chi connectivity index (χ1) is 8.74. The smallest absolute Gasteiger partial charge is 0.123 e. The topological polar surface area (TPSA) is 53.1 Å². The number of ether oxygens (including phenoxy) is 1. The van der Waals surface area contributed by atoms with Crippen LogP contribution >= 0.6 is 0 Å². The summed E-state index contributed by atoms with van der Waals surface area (Å²) >= 11 is 0. The summed E-state index contributed by atoms with van der Waals surface area (Å²) in [6.07, 6.45) is 4.41. The van der Waals surface area contributed by atoms with E-state index in [-0.39, 0.29) is 11.9 Å². The highest BCUT2D eigenvalue weighted by atomic mass is 19.1. The van der Waals surface area contributed by atoms with Gasteiger partial charge in [-0.2, -0.15) is 0 Å². The van der Waals surface area contributed by atoms with Crippen LogP contribution < -0.4 is 10.5 Å². The number of imidazole rings is 1. The molecule has 0 saturated heterocycles. The van der Waals surface area contributed by atoms with Crippen LogP contribution in [0.2, 0.25) is 0 Å². The lowest BCUT2D eigenvalue weighted by atomic mass is 10.1. The van der Waals surface area contributed by atoms with Crippen LogP contribution in [0.4, 0.5) is 4.39 Å². The van der Waals surface area contributed by atoms with Crippen LogP contribution in [0.15, 0.2) is 30.7 Å². The summed E-state index contributed by atoms with van der Waals surface area (Å²) in [5.41, 5.74) is 7.30. The lowest BCUT2D eigenvalue weighted by Gasteiger charge is -2.10. The number of hydrogen-bond acceptors (Lipinski definition) is 3. The number of nitrogens with two attached hydrogens (primary N) is 1. The van der Waals surface area contributed by atoms with Gasteiger partial charge in [0.1, 0.15) is 17.7 Å². The zero-order chi connectivity index (χ0) is 12.5. The highest BCUT2D eigenvalue weighted by Gasteiger charge is 2.23. The van der Waals surface area contributed by atoms with E-state index in [9.17, 15) is 4.39 Å². The molecule has 1 aromatic heterocycles. The van der Waals surface area contributed by atoms with Crippen LogP contribution in [-0.4, -0.2) is 15.7 Å². The van der Waals surface area contributed by atoms with Crippen molar-refractivity contribution < 1.29 is 9.13 Å². The molecule has 94 valence electrons. The summed E-state index contributed by atoms with van der Waals surface area (Å²) in [6, 6.07) is 4.64. The maximum absolute atomic E-state index is 13.1. The van der Waals surface area contributed by atoms with Gasteiger partial charge in [-0.1, -0.05) is 0 Å². The summed E-state index contributed by atoms with van der Waals surface area (Å²) in [6.45, 7) is 1.13. The van der Waals surface area contributed by atoms with Crippen molar-refractivity contribution in [1.82, 2.24) is 9.55 Å². The summed E-state index contributed by atoms with van der Waals surface area (Å²) in [7, 11) is 0. The summed E-state index contributed by atoms with van der Waals surface area (Å²) in [5.74, 6) is 0.562. The van der Waals surface area contributed by atoms with Gasteiger partial charge in [0.2, 0.25) is 0 Å². The van der Waals surface area contributed by atoms with Gasteiger partial charge in [-0.05, 0) is 18.2 Å². The first-order valence-corrected chi connectivity index (χ1v) is 5.90. The Balaban J connectivity index is 1.70. The van der Waals surface area contributed by atoms with Crippen LogP contribution in [0.1, 0.15) is 11.3 Å². The maximum atomic E-state index is 13.1. The Hall–Kier alpha value is -1.88. The molecule has 2 heterocycles. The lowest BCUT2D eigenvalue weighted by molar-refractivity contribution is 0.209. The van der Waals surface area contributed by atoms with Crippen LogP contribution in [0.5, 0.6) is 5.75 Å². The molecule has 2 N–H and O–H groups in total. The van der Waals surface area contributed by atoms with Gasteiger partial charge >= 0.3 is 0 Å². The van der Waals surface area contributed by atoms with Crippen molar-refractivity contribution in [2.45, 2.75) is 25.6 Å². The Morgan fingerprint density at radius 2 is 2.39 bits per heavy atom. The third-order valence-corrected chi connectivity index (χ3v) is 3.07. The van der Waals surface area contributed by atoms with Gasteiger partial charge < -0.3 is 15.0 Å². The fraction of sp³-hybridized carbons (Fsp3) is 0.308. The van der Waals surface area contributed by atoms with Crippen LogP contribution in [0.25, 0.3) is 0 Å². The zero-order valence-corrected chi connectivity index (χ0v) is 9.84. The number of hydrogen-bond donors (Lipinski definition) is 1. The van der Waals surface area contributed by atoms with Gasteiger partial charge in [0.05, 0.1) is 18.6 Å². The zero-order valence-electron chi connectivity index (χ0n) is 9.84. The van der Waals surface area contributed by atoms with E-state index in [2.05, 4.69) is 4.98 Å². The van der Waals surface area contributed by atoms with E-state index in [1.54, 1.807) is 12.4 Å². The molecule has 4 nitrogen and oxygen atoms in total. The van der Waals surface area contributed by atoms with Crippen LogP contribution in [0.3, 0.4) is 0 Å². The second-order valence-corrected chi connectivity index (χ2v) is 4.46. The van der Waals surface area contributed by atoms with Gasteiger partial charge in [0.15, 0.2) is 0 Å². The summed E-state index contributed by atoms with van der Waals surface area (Å²) < 4.78 is 20.8. The third-order valence-electron chi connectivity index (χ3n) is 3.07. The molecule has 18 heavy (non-hydrogen) atoms.